The first-order valence-electron chi connectivity index (χ1n) is 10.9. The second kappa shape index (κ2) is 8.35. The maximum atomic E-state index is 13.8. The molecule has 1 aliphatic heterocycles. The van der Waals surface area contributed by atoms with Gasteiger partial charge in [0.2, 0.25) is 5.95 Å². The zero-order chi connectivity index (χ0) is 24.0. The van der Waals surface area contributed by atoms with Crippen LogP contribution in [0, 0.1) is 13.8 Å². The van der Waals surface area contributed by atoms with Crippen LogP contribution in [0.5, 0.6) is 0 Å². The number of nitrogens with one attached hydrogen (secondary N) is 3. The molecule has 1 saturated heterocycles. The van der Waals surface area contributed by atoms with Crippen molar-refractivity contribution < 1.29 is 17.7 Å². The van der Waals surface area contributed by atoms with Gasteiger partial charge in [-0.05, 0) is 45.7 Å². The van der Waals surface area contributed by atoms with E-state index in [0.717, 1.165) is 24.6 Å². The minimum absolute atomic E-state index is 0.0265. The average molecular weight is 472 g/mol. The smallest absolute Gasteiger partial charge is 0.361 e. The maximum absolute atomic E-state index is 13.8. The van der Waals surface area contributed by atoms with Crippen molar-refractivity contribution in [3.8, 4) is 22.6 Å². The molecule has 2 atom stereocenters. The van der Waals surface area contributed by atoms with E-state index in [1.807, 2.05) is 0 Å². The van der Waals surface area contributed by atoms with E-state index >= 15 is 0 Å². The molecule has 0 aliphatic carbocycles. The molecule has 0 amide bonds. The second-order valence-electron chi connectivity index (χ2n) is 8.55. The summed E-state index contributed by atoms with van der Waals surface area (Å²) in [6, 6.07) is 3.81. The first-order chi connectivity index (χ1) is 16.2. The Bertz CT molecular complexity index is 1320. The predicted octanol–water partition coefficient (Wildman–Crippen LogP) is 4.26. The molecule has 1 fully saturated rings. The topological polar surface area (TPSA) is 117 Å². The summed E-state index contributed by atoms with van der Waals surface area (Å²) in [5, 5.41) is 17.7. The first-order valence-corrected chi connectivity index (χ1v) is 10.9. The number of rotatable bonds is 4. The molecule has 9 nitrogen and oxygen atoms in total. The molecule has 0 saturated carbocycles. The summed E-state index contributed by atoms with van der Waals surface area (Å²) in [4.78, 5) is 12.7. The van der Waals surface area contributed by atoms with Gasteiger partial charge in [0.05, 0.1) is 22.6 Å². The molecule has 0 spiro atoms. The Morgan fingerprint density at radius 1 is 1.15 bits per heavy atom. The third kappa shape index (κ3) is 4.09. The van der Waals surface area contributed by atoms with Crippen LogP contribution in [0.3, 0.4) is 0 Å². The van der Waals surface area contributed by atoms with Crippen molar-refractivity contribution >= 4 is 17.0 Å². The quantitative estimate of drug-likeness (QED) is 0.403. The SMILES string of the molecule is Cc1noc(C)c1-c1ccc2c(-c3nc(N[C@@H]4CC[C@@H](C)NC4)ncc3C(F)(F)F)[nH]nc2n1. The molecule has 5 rings (SSSR count). The van der Waals surface area contributed by atoms with Crippen molar-refractivity contribution in [3.63, 3.8) is 0 Å². The molecule has 178 valence electrons. The van der Waals surface area contributed by atoms with Gasteiger partial charge in [-0.15, -0.1) is 0 Å². The highest BCUT2D eigenvalue weighted by atomic mass is 19.4. The van der Waals surface area contributed by atoms with Gasteiger partial charge in [0, 0.05) is 30.2 Å². The van der Waals surface area contributed by atoms with Crippen LogP contribution < -0.4 is 10.6 Å². The fourth-order valence-corrected chi connectivity index (χ4v) is 4.22. The molecule has 0 bridgehead atoms. The summed E-state index contributed by atoms with van der Waals surface area (Å²) in [6.07, 6.45) is -2.01. The summed E-state index contributed by atoms with van der Waals surface area (Å²) in [6.45, 7) is 6.34. The molecule has 4 aromatic rings. The Kier molecular flexibility index (Phi) is 5.47. The van der Waals surface area contributed by atoms with Gasteiger partial charge in [-0.25, -0.2) is 15.0 Å². The average Bonchev–Trinajstić information content (AvgIpc) is 3.36. The summed E-state index contributed by atoms with van der Waals surface area (Å²) < 4.78 is 46.7. The lowest BCUT2D eigenvalue weighted by Crippen LogP contribution is -2.43. The van der Waals surface area contributed by atoms with Crippen molar-refractivity contribution in [2.24, 2.45) is 0 Å². The van der Waals surface area contributed by atoms with Gasteiger partial charge >= 0.3 is 6.18 Å². The minimum Gasteiger partial charge on any atom is -0.361 e. The maximum Gasteiger partial charge on any atom is 0.420 e. The molecule has 12 heteroatoms. The van der Waals surface area contributed by atoms with Gasteiger partial charge < -0.3 is 15.2 Å². The number of hydrogen-bond acceptors (Lipinski definition) is 8. The molecular formula is C22H23F3N8O. The number of piperidine rings is 1. The highest BCUT2D eigenvalue weighted by molar-refractivity contribution is 5.92. The fraction of sp³-hybridized carbons (Fsp3) is 0.409. The normalized spacial score (nSPS) is 19.0. The lowest BCUT2D eigenvalue weighted by Gasteiger charge is -2.28. The van der Waals surface area contributed by atoms with Crippen LogP contribution in [0.15, 0.2) is 22.9 Å². The number of halogens is 3. The van der Waals surface area contributed by atoms with E-state index in [9.17, 15) is 13.2 Å². The lowest BCUT2D eigenvalue weighted by atomic mass is 10.0. The largest absolute Gasteiger partial charge is 0.420 e. The summed E-state index contributed by atoms with van der Waals surface area (Å²) in [7, 11) is 0. The van der Waals surface area contributed by atoms with Gasteiger partial charge in [0.15, 0.2) is 5.65 Å². The number of H-pyrrole nitrogens is 1. The van der Waals surface area contributed by atoms with Gasteiger partial charge in [0.25, 0.3) is 0 Å². The van der Waals surface area contributed by atoms with Gasteiger partial charge in [-0.3, -0.25) is 5.10 Å². The number of anilines is 1. The Morgan fingerprint density at radius 3 is 2.65 bits per heavy atom. The molecule has 34 heavy (non-hydrogen) atoms. The highest BCUT2D eigenvalue weighted by Crippen LogP contribution is 2.38. The molecule has 0 unspecified atom stereocenters. The Balaban J connectivity index is 1.55. The van der Waals surface area contributed by atoms with E-state index in [2.05, 4.69) is 47.9 Å². The van der Waals surface area contributed by atoms with Crippen LogP contribution in [0.25, 0.3) is 33.7 Å². The number of hydrogen-bond donors (Lipinski definition) is 3. The number of alkyl halides is 3. The number of aromatic nitrogens is 6. The third-order valence-corrected chi connectivity index (χ3v) is 6.03. The Morgan fingerprint density at radius 2 is 1.97 bits per heavy atom. The van der Waals surface area contributed by atoms with E-state index < -0.39 is 11.7 Å². The van der Waals surface area contributed by atoms with Crippen molar-refractivity contribution in [3.05, 3.63) is 35.3 Å². The second-order valence-corrected chi connectivity index (χ2v) is 8.55. The Hall–Kier alpha value is -3.54. The zero-order valence-electron chi connectivity index (χ0n) is 18.8. The number of fused-ring (bicyclic) bond motifs is 1. The highest BCUT2D eigenvalue weighted by Gasteiger charge is 2.36. The Labute approximate surface area is 192 Å². The molecule has 5 heterocycles. The molecule has 3 N–H and O–H groups in total. The van der Waals surface area contributed by atoms with E-state index in [1.54, 1.807) is 26.0 Å². The zero-order valence-corrected chi connectivity index (χ0v) is 18.8. The van der Waals surface area contributed by atoms with Crippen LogP contribution in [0.4, 0.5) is 19.1 Å². The van der Waals surface area contributed by atoms with E-state index in [4.69, 9.17) is 4.52 Å². The van der Waals surface area contributed by atoms with Crippen molar-refractivity contribution in [1.29, 1.82) is 0 Å². The number of nitrogens with zero attached hydrogens (tertiary/aromatic N) is 5. The molecule has 4 aromatic heterocycles. The van der Waals surface area contributed by atoms with Crippen molar-refractivity contribution in [2.45, 2.75) is 51.9 Å². The van der Waals surface area contributed by atoms with E-state index in [1.165, 1.54) is 0 Å². The number of aromatic amines is 1. The fourth-order valence-electron chi connectivity index (χ4n) is 4.22. The standard InChI is InChI=1S/C22H23F3N8O/c1-10-4-5-13(8-26-10)28-21-27-9-15(22(23,24)25)19(30-21)18-14-6-7-16(29-20(14)32-31-18)17-11(2)33-34-12(17)3/h6-7,9-10,13,26H,4-5,8H2,1-3H3,(H,27,28,30)(H,29,31,32)/t10-,13-/m1/s1. The van der Waals surface area contributed by atoms with E-state index in [-0.39, 0.29) is 29.0 Å². The van der Waals surface area contributed by atoms with Crippen LogP contribution in [0.2, 0.25) is 0 Å². The molecular weight excluding hydrogens is 449 g/mol. The van der Waals surface area contributed by atoms with Gasteiger partial charge in [-0.2, -0.15) is 18.3 Å². The van der Waals surface area contributed by atoms with Gasteiger partial charge in [0.1, 0.15) is 17.0 Å². The monoisotopic (exact) mass is 472 g/mol. The van der Waals surface area contributed by atoms with Crippen LogP contribution >= 0.6 is 0 Å². The minimum atomic E-state index is -4.64. The third-order valence-electron chi connectivity index (χ3n) is 6.03. The number of aryl methyl sites for hydroxylation is 2. The predicted molar refractivity (Wildman–Crippen MR) is 119 cm³/mol. The van der Waals surface area contributed by atoms with Crippen LogP contribution in [-0.4, -0.2) is 48.9 Å². The van der Waals surface area contributed by atoms with E-state index in [0.29, 0.717) is 35.1 Å². The number of pyridine rings is 1. The first kappa shape index (κ1) is 22.3. The summed E-state index contributed by atoms with van der Waals surface area (Å²) in [5.41, 5.74) is 1.12. The van der Waals surface area contributed by atoms with Gasteiger partial charge in [-0.1, -0.05) is 5.16 Å². The summed E-state index contributed by atoms with van der Waals surface area (Å²) >= 11 is 0. The van der Waals surface area contributed by atoms with Crippen molar-refractivity contribution in [2.75, 3.05) is 11.9 Å². The summed E-state index contributed by atoms with van der Waals surface area (Å²) in [5.74, 6) is 0.727. The van der Waals surface area contributed by atoms with Crippen molar-refractivity contribution in [1.82, 2.24) is 35.6 Å². The van der Waals surface area contributed by atoms with Crippen LogP contribution in [0.1, 0.15) is 36.8 Å². The molecule has 1 aliphatic rings. The lowest BCUT2D eigenvalue weighted by molar-refractivity contribution is -0.137. The molecule has 0 radical (unpaired) electrons. The van der Waals surface area contributed by atoms with Crippen LogP contribution in [-0.2, 0) is 6.18 Å². The molecule has 0 aromatic carbocycles.